The van der Waals surface area contributed by atoms with E-state index in [4.69, 9.17) is 18.9 Å². The molecule has 13 unspecified atom stereocenters. The Balaban J connectivity index is 1.24. The van der Waals surface area contributed by atoms with Crippen molar-refractivity contribution in [2.75, 3.05) is 6.61 Å². The summed E-state index contributed by atoms with van der Waals surface area (Å²) in [6.45, 7) is 13.5. The highest BCUT2D eigenvalue weighted by molar-refractivity contribution is 5.90. The Labute approximate surface area is 261 Å². The van der Waals surface area contributed by atoms with Crippen LogP contribution in [0.15, 0.2) is 0 Å². The average Bonchev–Trinajstić information content (AvgIpc) is 3.55. The number of carbonyl (C=O) groups excluding carboxylic acids is 4. The fourth-order valence-corrected chi connectivity index (χ4v) is 12.2. The Hall–Kier alpha value is -1.68. The molecule has 6 aliphatic rings. The zero-order valence-corrected chi connectivity index (χ0v) is 27.5. The summed E-state index contributed by atoms with van der Waals surface area (Å²) in [7, 11) is 0. The number of fused-ring (bicyclic) bond motifs is 4. The van der Waals surface area contributed by atoms with Gasteiger partial charge in [0.05, 0.1) is 17.8 Å². The van der Waals surface area contributed by atoms with E-state index >= 15 is 0 Å². The maximum absolute atomic E-state index is 14.6. The van der Waals surface area contributed by atoms with Gasteiger partial charge in [0.1, 0.15) is 19.0 Å². The molecule has 1 aliphatic heterocycles. The molecule has 9 nitrogen and oxygen atoms in total. The molecule has 6 rings (SSSR count). The first-order chi connectivity index (χ1) is 20.6. The van der Waals surface area contributed by atoms with Crippen LogP contribution in [0.5, 0.6) is 0 Å². The fourth-order valence-electron chi connectivity index (χ4n) is 12.2. The number of ether oxygens (including phenoxy) is 4. The van der Waals surface area contributed by atoms with Gasteiger partial charge in [-0.2, -0.15) is 0 Å². The molecule has 5 aliphatic carbocycles. The number of hydrogen-bond acceptors (Lipinski definition) is 9. The van der Waals surface area contributed by atoms with Gasteiger partial charge in [-0.1, -0.05) is 27.7 Å². The van der Waals surface area contributed by atoms with Crippen LogP contribution < -0.4 is 0 Å². The van der Waals surface area contributed by atoms with E-state index in [0.717, 1.165) is 44.9 Å². The van der Waals surface area contributed by atoms with Crippen LogP contribution in [0.1, 0.15) is 99.8 Å². The molecule has 0 bridgehead atoms. The minimum absolute atomic E-state index is 0.0599. The summed E-state index contributed by atoms with van der Waals surface area (Å²) in [5, 5.41) is 10.9. The SMILES string of the molecule is CC(=O)OC(C1CC(C)C2C(O1)C(=O)C1C3CCC4C(C)(C)C(OC(C=O)OCC=O)CCC45CC35CCC12C)C(C)(C)O. The molecule has 1 saturated heterocycles. The monoisotopic (exact) mass is 616 g/mol. The van der Waals surface area contributed by atoms with Gasteiger partial charge >= 0.3 is 5.97 Å². The second-order valence-corrected chi connectivity index (χ2v) is 16.6. The molecule has 2 spiro atoms. The molecule has 6 fully saturated rings. The highest BCUT2D eigenvalue weighted by atomic mass is 16.7. The number of hydrogen-bond donors (Lipinski definition) is 1. The second-order valence-electron chi connectivity index (χ2n) is 16.6. The summed E-state index contributed by atoms with van der Waals surface area (Å²) in [6.07, 6.45) is 5.88. The molecular formula is C35H52O9. The lowest BCUT2D eigenvalue weighted by molar-refractivity contribution is -0.217. The largest absolute Gasteiger partial charge is 0.457 e. The zero-order chi connectivity index (χ0) is 32.0. The average molecular weight is 617 g/mol. The predicted molar refractivity (Wildman–Crippen MR) is 159 cm³/mol. The van der Waals surface area contributed by atoms with Crippen molar-refractivity contribution in [2.45, 2.75) is 136 Å². The third kappa shape index (κ3) is 4.53. The van der Waals surface area contributed by atoms with E-state index in [1.807, 2.05) is 0 Å². The van der Waals surface area contributed by atoms with Crippen LogP contribution in [0.2, 0.25) is 0 Å². The fraction of sp³-hybridized carbons (Fsp3) is 0.886. The third-order valence-electron chi connectivity index (χ3n) is 13.7. The molecule has 0 amide bonds. The van der Waals surface area contributed by atoms with Crippen LogP contribution in [0, 0.1) is 51.2 Å². The summed E-state index contributed by atoms with van der Waals surface area (Å²) in [5.74, 6) is 0.717. The molecular weight excluding hydrogens is 564 g/mol. The molecule has 5 saturated carbocycles. The summed E-state index contributed by atoms with van der Waals surface area (Å²) in [6, 6.07) is 0. The van der Waals surface area contributed by atoms with Crippen molar-refractivity contribution < 1.29 is 43.2 Å². The summed E-state index contributed by atoms with van der Waals surface area (Å²) in [4.78, 5) is 49.0. The van der Waals surface area contributed by atoms with Crippen molar-refractivity contribution in [2.24, 2.45) is 51.2 Å². The lowest BCUT2D eigenvalue weighted by Crippen LogP contribution is -2.56. The van der Waals surface area contributed by atoms with Gasteiger partial charge in [0.25, 0.3) is 0 Å². The minimum atomic E-state index is -1.30. The molecule has 0 aromatic rings. The first-order valence-electron chi connectivity index (χ1n) is 16.8. The zero-order valence-electron chi connectivity index (χ0n) is 27.5. The van der Waals surface area contributed by atoms with Gasteiger partial charge < -0.3 is 28.8 Å². The molecule has 13 atom stereocenters. The van der Waals surface area contributed by atoms with Crippen molar-refractivity contribution in [1.29, 1.82) is 0 Å². The molecule has 0 aromatic heterocycles. The van der Waals surface area contributed by atoms with Crippen molar-refractivity contribution in [3.63, 3.8) is 0 Å². The van der Waals surface area contributed by atoms with Gasteiger partial charge in [-0.25, -0.2) is 0 Å². The number of ketones is 1. The predicted octanol–water partition coefficient (Wildman–Crippen LogP) is 4.45. The third-order valence-corrected chi connectivity index (χ3v) is 13.7. The smallest absolute Gasteiger partial charge is 0.303 e. The summed E-state index contributed by atoms with van der Waals surface area (Å²) in [5.41, 5.74) is -1.31. The van der Waals surface area contributed by atoms with Crippen LogP contribution in [-0.4, -0.2) is 72.3 Å². The number of rotatable bonds is 9. The van der Waals surface area contributed by atoms with E-state index in [-0.39, 0.29) is 57.9 Å². The molecule has 0 radical (unpaired) electrons. The summed E-state index contributed by atoms with van der Waals surface area (Å²) >= 11 is 0. The van der Waals surface area contributed by atoms with E-state index in [1.54, 1.807) is 13.8 Å². The highest BCUT2D eigenvalue weighted by Crippen LogP contribution is 2.87. The van der Waals surface area contributed by atoms with Crippen LogP contribution in [0.25, 0.3) is 0 Å². The molecule has 1 N–H and O–H groups in total. The topological polar surface area (TPSA) is 125 Å². The van der Waals surface area contributed by atoms with Crippen molar-refractivity contribution in [3.05, 3.63) is 0 Å². The standard InChI is InChI=1S/C35H52O9/c1-19-16-22(30(32(5,6)40)42-20(2)38)43-29-26(19)33(7)12-13-34-18-35(34)11-10-24(44-25(17-37)41-15-14-36)31(3,4)23(35)9-8-21(34)27(33)28(29)39/h14,17,19,21-27,29-30,40H,8-13,15-16,18H2,1-7H3. The lowest BCUT2D eigenvalue weighted by atomic mass is 9.46. The van der Waals surface area contributed by atoms with Crippen LogP contribution in [0.4, 0.5) is 0 Å². The minimum Gasteiger partial charge on any atom is -0.457 e. The van der Waals surface area contributed by atoms with Crippen molar-refractivity contribution in [3.8, 4) is 0 Å². The van der Waals surface area contributed by atoms with Crippen molar-refractivity contribution >= 4 is 24.3 Å². The van der Waals surface area contributed by atoms with E-state index < -0.39 is 36.2 Å². The molecule has 44 heavy (non-hydrogen) atoms. The first-order valence-corrected chi connectivity index (χ1v) is 16.8. The normalized spacial score (nSPS) is 46.7. The van der Waals surface area contributed by atoms with Gasteiger partial charge in [-0.05, 0) is 105 Å². The van der Waals surface area contributed by atoms with E-state index in [9.17, 15) is 24.3 Å². The second kappa shape index (κ2) is 10.7. The number of Topliss-reactive ketones (excluding diaryl/α,β-unsaturated/α-hetero) is 1. The van der Waals surface area contributed by atoms with Gasteiger partial charge in [0, 0.05) is 18.8 Å². The Morgan fingerprint density at radius 1 is 1.11 bits per heavy atom. The lowest BCUT2D eigenvalue weighted by Gasteiger charge is -2.59. The maximum atomic E-state index is 14.6. The maximum Gasteiger partial charge on any atom is 0.303 e. The van der Waals surface area contributed by atoms with E-state index in [1.165, 1.54) is 6.92 Å². The number of esters is 1. The first kappa shape index (κ1) is 32.3. The van der Waals surface area contributed by atoms with Gasteiger partial charge in [-0.15, -0.1) is 0 Å². The number of aldehydes is 2. The summed E-state index contributed by atoms with van der Waals surface area (Å²) < 4.78 is 23.7. The van der Waals surface area contributed by atoms with Crippen LogP contribution in [-0.2, 0) is 38.1 Å². The Morgan fingerprint density at radius 2 is 1.84 bits per heavy atom. The highest BCUT2D eigenvalue weighted by Gasteiger charge is 2.82. The molecule has 246 valence electrons. The molecule has 1 heterocycles. The molecule has 9 heteroatoms. The van der Waals surface area contributed by atoms with E-state index in [0.29, 0.717) is 30.8 Å². The van der Waals surface area contributed by atoms with Crippen LogP contribution in [0.3, 0.4) is 0 Å². The van der Waals surface area contributed by atoms with Crippen molar-refractivity contribution in [1.82, 2.24) is 0 Å². The van der Waals surface area contributed by atoms with Gasteiger partial charge in [0.15, 0.2) is 18.2 Å². The van der Waals surface area contributed by atoms with Gasteiger partial charge in [0.2, 0.25) is 6.29 Å². The Bertz CT molecular complexity index is 1190. The molecule has 0 aromatic carbocycles. The van der Waals surface area contributed by atoms with Crippen LogP contribution >= 0.6 is 0 Å². The number of aliphatic hydroxyl groups is 1. The Kier molecular flexibility index (Phi) is 7.83. The quantitative estimate of drug-likeness (QED) is 0.227. The van der Waals surface area contributed by atoms with Gasteiger partial charge in [-0.3, -0.25) is 14.4 Å². The van der Waals surface area contributed by atoms with E-state index in [2.05, 4.69) is 27.7 Å². The number of carbonyl (C=O) groups is 4. The Morgan fingerprint density at radius 3 is 2.48 bits per heavy atom.